The van der Waals surface area contributed by atoms with E-state index in [2.05, 4.69) is 5.32 Å². The Morgan fingerprint density at radius 2 is 1.80 bits per heavy atom. The van der Waals surface area contributed by atoms with Crippen LogP contribution in [0.5, 0.6) is 0 Å². The van der Waals surface area contributed by atoms with Crippen molar-refractivity contribution in [3.8, 4) is 11.3 Å². The molecule has 1 aromatic carbocycles. The van der Waals surface area contributed by atoms with Gasteiger partial charge < -0.3 is 30.3 Å². The molecule has 1 amide bonds. The van der Waals surface area contributed by atoms with E-state index in [0.717, 1.165) is 90.5 Å². The van der Waals surface area contributed by atoms with E-state index in [4.69, 9.17) is 10.2 Å². The standard InChI is InChI=1S/C25H26N2O3.C7H16N2O/c1-26(2)16-10-12-20-22(14-16)30-23-15-17(27(3)4)11-13-21(23)24(20)18-8-6-5-7-9-19(18)25(28)29;1-7(10)9-6-4-2-3-5-8/h8-15H,5-7H2,1-4H3;2-6,8H2,1H3,(H,9,10). The normalized spacial score (nSPS) is 13.1. The van der Waals surface area contributed by atoms with Crippen LogP contribution >= 0.6 is 0 Å². The zero-order valence-corrected chi connectivity index (χ0v) is 24.4. The minimum Gasteiger partial charge on any atom is -0.545 e. The predicted octanol–water partition coefficient (Wildman–Crippen LogP) is 3.13. The lowest BCUT2D eigenvalue weighted by Crippen LogP contribution is -2.25. The van der Waals surface area contributed by atoms with E-state index in [1.54, 1.807) is 6.08 Å². The molecule has 1 aliphatic heterocycles. The van der Waals surface area contributed by atoms with Crippen molar-refractivity contribution in [1.82, 2.24) is 9.89 Å². The number of aliphatic carboxylic acids is 1. The lowest BCUT2D eigenvalue weighted by Gasteiger charge is -2.21. The Hall–Kier alpha value is -3.91. The molecule has 0 bridgehead atoms. The molecule has 8 heteroatoms. The van der Waals surface area contributed by atoms with Gasteiger partial charge in [0.2, 0.25) is 11.3 Å². The van der Waals surface area contributed by atoms with Crippen LogP contribution in [0.15, 0.2) is 58.5 Å². The summed E-state index contributed by atoms with van der Waals surface area (Å²) in [6, 6.07) is 12.1. The quantitative estimate of drug-likeness (QED) is 0.255. The first-order chi connectivity index (χ1) is 19.1. The number of rotatable bonds is 8. The molecule has 0 spiro atoms. The van der Waals surface area contributed by atoms with E-state index < -0.39 is 5.97 Å². The number of carboxylic acid groups (broad SMARTS) is 1. The van der Waals surface area contributed by atoms with Crippen molar-refractivity contribution in [3.63, 3.8) is 0 Å². The van der Waals surface area contributed by atoms with Gasteiger partial charge >= 0.3 is 0 Å². The Labute approximate surface area is 236 Å². The number of nitrogens with one attached hydrogen (secondary N) is 1. The van der Waals surface area contributed by atoms with Gasteiger partial charge in [-0.05, 0) is 62.4 Å². The summed E-state index contributed by atoms with van der Waals surface area (Å²) in [4.78, 5) is 24.4. The SMILES string of the molecule is CC(=O)NCCCCCN.CN(C)c1ccc2c(C3=CCCCC=C3C(=O)[O-])c3ccc(=[N+](C)C)cc-3oc2c1. The van der Waals surface area contributed by atoms with Gasteiger partial charge in [0.25, 0.3) is 0 Å². The topological polar surface area (TPSA) is 115 Å². The molecule has 0 fully saturated rings. The monoisotopic (exact) mass is 546 g/mol. The second-order valence-corrected chi connectivity index (χ2v) is 10.4. The zero-order chi connectivity index (χ0) is 29.2. The largest absolute Gasteiger partial charge is 0.545 e. The minimum absolute atomic E-state index is 0.0488. The number of amides is 1. The summed E-state index contributed by atoms with van der Waals surface area (Å²) in [5.74, 6) is -0.365. The molecule has 0 saturated heterocycles. The Balaban J connectivity index is 0.000000378. The smallest absolute Gasteiger partial charge is 0.216 e. The summed E-state index contributed by atoms with van der Waals surface area (Å²) in [7, 11) is 7.94. The van der Waals surface area contributed by atoms with Crippen LogP contribution in [-0.4, -0.2) is 53.2 Å². The third-order valence-corrected chi connectivity index (χ3v) is 6.86. The highest BCUT2D eigenvalue weighted by Gasteiger charge is 2.22. The van der Waals surface area contributed by atoms with Gasteiger partial charge in [-0.25, -0.2) is 4.58 Å². The Kier molecular flexibility index (Phi) is 11.1. The fraction of sp³-hybridized carbons (Fsp3) is 0.406. The van der Waals surface area contributed by atoms with E-state index in [1.807, 2.05) is 80.1 Å². The van der Waals surface area contributed by atoms with Gasteiger partial charge in [-0.15, -0.1) is 0 Å². The third-order valence-electron chi connectivity index (χ3n) is 6.86. The molecule has 8 nitrogen and oxygen atoms in total. The van der Waals surface area contributed by atoms with Crippen molar-refractivity contribution in [1.29, 1.82) is 0 Å². The van der Waals surface area contributed by atoms with Gasteiger partial charge in [-0.3, -0.25) is 4.79 Å². The maximum atomic E-state index is 12.0. The predicted molar refractivity (Wildman–Crippen MR) is 161 cm³/mol. The number of carboxylic acids is 1. The molecule has 2 aliphatic carbocycles. The van der Waals surface area contributed by atoms with Gasteiger partial charge in [0.15, 0.2) is 0 Å². The van der Waals surface area contributed by atoms with Gasteiger partial charge in [-0.1, -0.05) is 18.6 Å². The molecular weight excluding hydrogens is 504 g/mol. The summed E-state index contributed by atoms with van der Waals surface area (Å²) in [6.45, 7) is 3.07. The summed E-state index contributed by atoms with van der Waals surface area (Å²) >= 11 is 0. The average Bonchev–Trinajstić information content (AvgIpc) is 3.17. The fourth-order valence-corrected chi connectivity index (χ4v) is 4.69. The molecule has 0 unspecified atom stereocenters. The number of hydrogen-bond acceptors (Lipinski definition) is 6. The van der Waals surface area contributed by atoms with Crippen molar-refractivity contribution < 1.29 is 19.1 Å². The number of anilines is 1. The lowest BCUT2D eigenvalue weighted by atomic mass is 9.89. The van der Waals surface area contributed by atoms with E-state index >= 15 is 0 Å². The Bertz CT molecular complexity index is 1440. The van der Waals surface area contributed by atoms with E-state index in [0.29, 0.717) is 5.57 Å². The first-order valence-corrected chi connectivity index (χ1v) is 13.9. The highest BCUT2D eigenvalue weighted by atomic mass is 16.4. The molecule has 3 aliphatic rings. The number of allylic oxidation sites excluding steroid dienone is 2. The summed E-state index contributed by atoms with van der Waals surface area (Å²) < 4.78 is 8.34. The van der Waals surface area contributed by atoms with Gasteiger partial charge in [-0.2, -0.15) is 0 Å². The number of nitrogens with zero attached hydrogens (tertiary/aromatic N) is 2. The van der Waals surface area contributed by atoms with Crippen molar-refractivity contribution >= 4 is 34.1 Å². The van der Waals surface area contributed by atoms with Crippen LogP contribution < -0.4 is 31.0 Å². The van der Waals surface area contributed by atoms with Crippen LogP contribution in [0, 0.1) is 0 Å². The van der Waals surface area contributed by atoms with Crippen LogP contribution in [0.3, 0.4) is 0 Å². The molecule has 0 aromatic heterocycles. The fourth-order valence-electron chi connectivity index (χ4n) is 4.69. The third kappa shape index (κ3) is 7.82. The number of unbranched alkanes of at least 4 members (excludes halogenated alkanes) is 2. The average molecular weight is 547 g/mol. The van der Waals surface area contributed by atoms with Gasteiger partial charge in [0, 0.05) is 67.5 Å². The van der Waals surface area contributed by atoms with E-state index in [1.165, 1.54) is 6.92 Å². The summed E-state index contributed by atoms with van der Waals surface area (Å²) in [5.41, 5.74) is 9.78. The molecule has 1 aromatic rings. The minimum atomic E-state index is -1.14. The molecule has 0 radical (unpaired) electrons. The molecule has 4 rings (SSSR count). The summed E-state index contributed by atoms with van der Waals surface area (Å²) in [5, 5.41) is 16.6. The Morgan fingerprint density at radius 1 is 1.05 bits per heavy atom. The number of hydrogen-bond donors (Lipinski definition) is 2. The Morgan fingerprint density at radius 3 is 2.45 bits per heavy atom. The first kappa shape index (κ1) is 30.6. The number of benzene rings is 2. The molecule has 40 heavy (non-hydrogen) atoms. The van der Waals surface area contributed by atoms with Gasteiger partial charge in [0.05, 0.1) is 12.0 Å². The highest BCUT2D eigenvalue weighted by molar-refractivity contribution is 6.11. The second kappa shape index (κ2) is 14.5. The molecular formula is C32H42N4O4. The van der Waals surface area contributed by atoms with Crippen LogP contribution in [0.1, 0.15) is 51.0 Å². The van der Waals surface area contributed by atoms with Crippen molar-refractivity contribution in [2.75, 3.05) is 46.2 Å². The zero-order valence-electron chi connectivity index (χ0n) is 24.4. The first-order valence-electron chi connectivity index (χ1n) is 13.9. The van der Waals surface area contributed by atoms with Crippen LogP contribution in [0.2, 0.25) is 0 Å². The molecule has 3 N–H and O–H groups in total. The lowest BCUT2D eigenvalue weighted by molar-refractivity contribution is -0.298. The molecule has 214 valence electrons. The number of carbonyl (C=O) groups excluding carboxylic acids is 2. The molecule has 0 atom stereocenters. The maximum absolute atomic E-state index is 12.0. The van der Waals surface area contributed by atoms with Crippen molar-refractivity contribution in [3.05, 3.63) is 65.0 Å². The second-order valence-electron chi connectivity index (χ2n) is 10.4. The highest BCUT2D eigenvalue weighted by Crippen LogP contribution is 2.41. The van der Waals surface area contributed by atoms with E-state index in [-0.39, 0.29) is 11.5 Å². The van der Waals surface area contributed by atoms with Gasteiger partial charge in [0.1, 0.15) is 25.4 Å². The van der Waals surface area contributed by atoms with Crippen molar-refractivity contribution in [2.45, 2.75) is 45.4 Å². The van der Waals surface area contributed by atoms with E-state index in [9.17, 15) is 14.7 Å². The van der Waals surface area contributed by atoms with Crippen LogP contribution in [0.4, 0.5) is 5.69 Å². The maximum Gasteiger partial charge on any atom is 0.216 e. The number of fused-ring (bicyclic) bond motifs is 2. The summed E-state index contributed by atoms with van der Waals surface area (Å²) in [6.07, 6.45) is 9.49. The van der Waals surface area contributed by atoms with Crippen LogP contribution in [-0.2, 0) is 9.59 Å². The molecule has 1 heterocycles. The number of carbonyl (C=O) groups is 2. The number of nitrogens with two attached hydrogens (primary N) is 1. The van der Waals surface area contributed by atoms with Crippen molar-refractivity contribution in [2.24, 2.45) is 5.73 Å². The molecule has 0 saturated carbocycles. The van der Waals surface area contributed by atoms with Crippen LogP contribution in [0.25, 0.3) is 27.9 Å².